The van der Waals surface area contributed by atoms with Gasteiger partial charge < -0.3 is 5.73 Å². The lowest BCUT2D eigenvalue weighted by Crippen LogP contribution is -2.28. The van der Waals surface area contributed by atoms with Gasteiger partial charge in [-0.15, -0.1) is 0 Å². The molecule has 0 unspecified atom stereocenters. The molecule has 0 amide bonds. The van der Waals surface area contributed by atoms with Crippen LogP contribution in [-0.2, 0) is 5.41 Å². The second-order valence-electron chi connectivity index (χ2n) is 4.00. The van der Waals surface area contributed by atoms with Gasteiger partial charge in [-0.1, -0.05) is 41.9 Å². The molecule has 1 nitrogen and oxygen atoms in total. The molecule has 13 heavy (non-hydrogen) atoms. The number of halogens is 1. The van der Waals surface area contributed by atoms with Gasteiger partial charge in [-0.3, -0.25) is 0 Å². The molecule has 1 aromatic carbocycles. The minimum Gasteiger partial charge on any atom is -0.330 e. The molecular formula is C11H16BrN. The predicted octanol–water partition coefficient (Wildman–Crippen LogP) is 2.99. The number of benzene rings is 1. The lowest BCUT2D eigenvalue weighted by Gasteiger charge is -2.25. The SMILES string of the molecule is Cc1c(Br)cccc1C(C)(C)CN. The van der Waals surface area contributed by atoms with Crippen LogP contribution in [0.4, 0.5) is 0 Å². The van der Waals surface area contributed by atoms with E-state index in [0.717, 1.165) is 4.47 Å². The maximum absolute atomic E-state index is 5.74. The maximum atomic E-state index is 5.74. The van der Waals surface area contributed by atoms with Crippen molar-refractivity contribution in [3.63, 3.8) is 0 Å². The van der Waals surface area contributed by atoms with Crippen LogP contribution in [0.3, 0.4) is 0 Å². The van der Waals surface area contributed by atoms with E-state index < -0.39 is 0 Å². The van der Waals surface area contributed by atoms with E-state index in [9.17, 15) is 0 Å². The Balaban J connectivity index is 3.22. The van der Waals surface area contributed by atoms with E-state index in [1.807, 2.05) is 0 Å². The summed E-state index contributed by atoms with van der Waals surface area (Å²) in [6, 6.07) is 6.27. The van der Waals surface area contributed by atoms with Crippen LogP contribution < -0.4 is 5.73 Å². The Morgan fingerprint density at radius 2 is 2.00 bits per heavy atom. The molecule has 2 N–H and O–H groups in total. The van der Waals surface area contributed by atoms with Gasteiger partial charge in [0.25, 0.3) is 0 Å². The molecule has 1 rings (SSSR count). The quantitative estimate of drug-likeness (QED) is 0.847. The fourth-order valence-electron chi connectivity index (χ4n) is 1.45. The summed E-state index contributed by atoms with van der Waals surface area (Å²) in [4.78, 5) is 0. The highest BCUT2D eigenvalue weighted by Gasteiger charge is 2.20. The lowest BCUT2D eigenvalue weighted by atomic mass is 9.82. The summed E-state index contributed by atoms with van der Waals surface area (Å²) in [6.07, 6.45) is 0. The molecule has 0 saturated carbocycles. The van der Waals surface area contributed by atoms with E-state index in [4.69, 9.17) is 5.73 Å². The molecule has 0 heterocycles. The van der Waals surface area contributed by atoms with Crippen LogP contribution in [0.5, 0.6) is 0 Å². The Kier molecular flexibility index (Phi) is 3.14. The van der Waals surface area contributed by atoms with Gasteiger partial charge in [-0.2, -0.15) is 0 Å². The first-order chi connectivity index (χ1) is 5.99. The average Bonchev–Trinajstić information content (AvgIpc) is 2.09. The molecule has 0 bridgehead atoms. The molecule has 0 atom stereocenters. The highest BCUT2D eigenvalue weighted by atomic mass is 79.9. The van der Waals surface area contributed by atoms with Crippen LogP contribution in [0.25, 0.3) is 0 Å². The van der Waals surface area contributed by atoms with Crippen molar-refractivity contribution in [2.75, 3.05) is 6.54 Å². The van der Waals surface area contributed by atoms with Gasteiger partial charge in [-0.25, -0.2) is 0 Å². The number of rotatable bonds is 2. The minimum atomic E-state index is 0.0634. The Morgan fingerprint density at radius 3 is 2.54 bits per heavy atom. The Labute approximate surface area is 88.5 Å². The van der Waals surface area contributed by atoms with E-state index in [-0.39, 0.29) is 5.41 Å². The third kappa shape index (κ3) is 2.12. The normalized spacial score (nSPS) is 11.8. The summed E-state index contributed by atoms with van der Waals surface area (Å²) < 4.78 is 1.16. The van der Waals surface area contributed by atoms with Crippen LogP contribution in [0.15, 0.2) is 22.7 Å². The molecule has 0 aliphatic carbocycles. The number of nitrogens with two attached hydrogens (primary N) is 1. The number of hydrogen-bond acceptors (Lipinski definition) is 1. The Bertz CT molecular complexity index is 305. The molecule has 0 spiro atoms. The molecule has 0 aliphatic heterocycles. The molecular weight excluding hydrogens is 226 g/mol. The molecule has 72 valence electrons. The van der Waals surface area contributed by atoms with Crippen LogP contribution in [-0.4, -0.2) is 6.54 Å². The summed E-state index contributed by atoms with van der Waals surface area (Å²) in [5.41, 5.74) is 8.42. The molecule has 0 aromatic heterocycles. The third-order valence-corrected chi connectivity index (χ3v) is 3.37. The van der Waals surface area contributed by atoms with E-state index in [1.165, 1.54) is 11.1 Å². The van der Waals surface area contributed by atoms with Gasteiger partial charge in [0.15, 0.2) is 0 Å². The highest BCUT2D eigenvalue weighted by Crippen LogP contribution is 2.29. The summed E-state index contributed by atoms with van der Waals surface area (Å²) in [6.45, 7) is 7.13. The smallest absolute Gasteiger partial charge is 0.0207 e. The van der Waals surface area contributed by atoms with Crippen LogP contribution in [0.2, 0.25) is 0 Å². The third-order valence-electron chi connectivity index (χ3n) is 2.51. The monoisotopic (exact) mass is 241 g/mol. The topological polar surface area (TPSA) is 26.0 Å². The second-order valence-corrected chi connectivity index (χ2v) is 4.85. The maximum Gasteiger partial charge on any atom is 0.0207 e. The van der Waals surface area contributed by atoms with Crippen molar-refractivity contribution >= 4 is 15.9 Å². The molecule has 0 fully saturated rings. The summed E-state index contributed by atoms with van der Waals surface area (Å²) >= 11 is 3.53. The zero-order valence-corrected chi connectivity index (χ0v) is 9.98. The molecule has 0 aliphatic rings. The van der Waals surface area contributed by atoms with Crippen molar-refractivity contribution in [2.24, 2.45) is 5.73 Å². The fraction of sp³-hybridized carbons (Fsp3) is 0.455. The summed E-state index contributed by atoms with van der Waals surface area (Å²) in [5.74, 6) is 0. The first-order valence-electron chi connectivity index (χ1n) is 4.44. The molecule has 0 radical (unpaired) electrons. The average molecular weight is 242 g/mol. The first-order valence-corrected chi connectivity index (χ1v) is 5.24. The van der Waals surface area contributed by atoms with Crippen molar-refractivity contribution in [3.8, 4) is 0 Å². The fourth-order valence-corrected chi connectivity index (χ4v) is 1.82. The van der Waals surface area contributed by atoms with E-state index in [0.29, 0.717) is 6.54 Å². The second kappa shape index (κ2) is 3.81. The van der Waals surface area contributed by atoms with Crippen molar-refractivity contribution < 1.29 is 0 Å². The van der Waals surface area contributed by atoms with E-state index >= 15 is 0 Å². The van der Waals surface area contributed by atoms with Crippen molar-refractivity contribution in [2.45, 2.75) is 26.2 Å². The van der Waals surface area contributed by atoms with Gasteiger partial charge in [0, 0.05) is 16.4 Å². The van der Waals surface area contributed by atoms with E-state index in [1.54, 1.807) is 0 Å². The highest BCUT2D eigenvalue weighted by molar-refractivity contribution is 9.10. The van der Waals surface area contributed by atoms with Crippen LogP contribution in [0.1, 0.15) is 25.0 Å². The van der Waals surface area contributed by atoms with Crippen LogP contribution >= 0.6 is 15.9 Å². The minimum absolute atomic E-state index is 0.0634. The van der Waals surface area contributed by atoms with Gasteiger partial charge in [0.05, 0.1) is 0 Å². The van der Waals surface area contributed by atoms with Crippen molar-refractivity contribution in [1.82, 2.24) is 0 Å². The molecule has 2 heteroatoms. The zero-order valence-electron chi connectivity index (χ0n) is 8.39. The summed E-state index contributed by atoms with van der Waals surface area (Å²) in [7, 11) is 0. The predicted molar refractivity (Wildman–Crippen MR) is 61.0 cm³/mol. The van der Waals surface area contributed by atoms with Gasteiger partial charge in [0.1, 0.15) is 0 Å². The standard InChI is InChI=1S/C11H16BrN/c1-8-9(11(2,3)7-13)5-4-6-10(8)12/h4-6H,7,13H2,1-3H3. The van der Waals surface area contributed by atoms with Gasteiger partial charge in [-0.05, 0) is 24.1 Å². The van der Waals surface area contributed by atoms with Gasteiger partial charge >= 0.3 is 0 Å². The lowest BCUT2D eigenvalue weighted by molar-refractivity contribution is 0.535. The zero-order chi connectivity index (χ0) is 10.1. The van der Waals surface area contributed by atoms with Crippen LogP contribution in [0, 0.1) is 6.92 Å². The largest absolute Gasteiger partial charge is 0.330 e. The van der Waals surface area contributed by atoms with E-state index in [2.05, 4.69) is 54.9 Å². The Morgan fingerprint density at radius 1 is 1.38 bits per heavy atom. The van der Waals surface area contributed by atoms with Crippen molar-refractivity contribution in [1.29, 1.82) is 0 Å². The molecule has 0 saturated heterocycles. The first kappa shape index (κ1) is 10.7. The number of hydrogen-bond donors (Lipinski definition) is 1. The molecule has 1 aromatic rings. The summed E-state index contributed by atoms with van der Waals surface area (Å²) in [5, 5.41) is 0. The van der Waals surface area contributed by atoms with Crippen molar-refractivity contribution in [3.05, 3.63) is 33.8 Å². The van der Waals surface area contributed by atoms with Gasteiger partial charge in [0.2, 0.25) is 0 Å². The Hall–Kier alpha value is -0.340.